The number of rotatable bonds is 5. The van der Waals surface area contributed by atoms with E-state index in [9.17, 15) is 14.0 Å². The van der Waals surface area contributed by atoms with Crippen LogP contribution >= 0.6 is 0 Å². The lowest BCUT2D eigenvalue weighted by molar-refractivity contribution is -0.170. The van der Waals surface area contributed by atoms with E-state index >= 15 is 0 Å². The summed E-state index contributed by atoms with van der Waals surface area (Å²) >= 11 is 0. The second-order valence-electron chi connectivity index (χ2n) is 10.6. The number of unbranched alkanes of at least 4 members (excludes halogenated alkanes) is 1. The van der Waals surface area contributed by atoms with Gasteiger partial charge in [-0.2, -0.15) is 5.10 Å². The number of aromatic nitrogens is 2. The molecule has 1 unspecified atom stereocenters. The quantitative estimate of drug-likeness (QED) is 0.492. The fourth-order valence-corrected chi connectivity index (χ4v) is 5.51. The van der Waals surface area contributed by atoms with Gasteiger partial charge in [-0.15, -0.1) is 0 Å². The topological polar surface area (TPSA) is 87.8 Å². The molecule has 212 valence electrons. The fraction of sp³-hybridized carbons (Fsp3) is 0.452. The largest absolute Gasteiger partial charge is 0.491 e. The van der Waals surface area contributed by atoms with E-state index in [1.165, 1.54) is 17.7 Å². The van der Waals surface area contributed by atoms with Crippen molar-refractivity contribution in [2.75, 3.05) is 39.4 Å². The summed E-state index contributed by atoms with van der Waals surface area (Å²) in [6.45, 7) is 4.39. The fourth-order valence-electron chi connectivity index (χ4n) is 5.51. The monoisotopic (exact) mass is 548 g/mol. The molecule has 0 saturated carbocycles. The van der Waals surface area contributed by atoms with E-state index in [4.69, 9.17) is 9.47 Å². The van der Waals surface area contributed by atoms with Crippen molar-refractivity contribution in [2.45, 2.75) is 51.0 Å². The number of fused-ring (bicyclic) bond motifs is 1. The number of amides is 2. The van der Waals surface area contributed by atoms with Gasteiger partial charge in [0.05, 0.1) is 25.4 Å². The van der Waals surface area contributed by atoms with E-state index in [2.05, 4.69) is 23.2 Å². The molecule has 0 aliphatic carbocycles. The number of morpholine rings is 1. The van der Waals surface area contributed by atoms with Gasteiger partial charge < -0.3 is 19.3 Å². The molecule has 2 aromatic carbocycles. The maximum absolute atomic E-state index is 14.2. The molecule has 3 aromatic rings. The smallest absolute Gasteiger partial charge is 0.272 e. The number of H-pyrrole nitrogens is 1. The zero-order chi connectivity index (χ0) is 28.0. The molecular formula is C31H37FN4O4. The van der Waals surface area contributed by atoms with Crippen LogP contribution in [-0.4, -0.2) is 76.8 Å². The van der Waals surface area contributed by atoms with Crippen LogP contribution in [0.3, 0.4) is 0 Å². The number of hydrogen-bond donors (Lipinski definition) is 1. The Balaban J connectivity index is 1.37. The van der Waals surface area contributed by atoms with Gasteiger partial charge in [0.1, 0.15) is 23.9 Å². The zero-order valence-electron chi connectivity index (χ0n) is 23.0. The number of ether oxygens (including phenoxy) is 2. The second-order valence-corrected chi connectivity index (χ2v) is 10.6. The number of aromatic amines is 1. The van der Waals surface area contributed by atoms with E-state index in [-0.39, 0.29) is 30.8 Å². The highest BCUT2D eigenvalue weighted by Gasteiger charge is 2.46. The Labute approximate surface area is 234 Å². The third-order valence-corrected chi connectivity index (χ3v) is 7.75. The van der Waals surface area contributed by atoms with Gasteiger partial charge in [0.15, 0.2) is 5.60 Å². The molecule has 5 rings (SSSR count). The molecule has 1 N–H and O–H groups in total. The highest BCUT2D eigenvalue weighted by molar-refractivity contribution is 5.94. The average Bonchev–Trinajstić information content (AvgIpc) is 3.47. The molecule has 9 heteroatoms. The van der Waals surface area contributed by atoms with Gasteiger partial charge in [-0.05, 0) is 74.1 Å². The number of carbonyl (C=O) groups is 2. The SMILES string of the molecule is CCCCN1CCOc2ccccc2CCCCC2(CN(C(=O)c3cc(-c4ccc(F)cc4)n[nH]3)CCO2)C1=O. The number of carbonyl (C=O) groups excluding carboxylic acids is 2. The minimum Gasteiger partial charge on any atom is -0.491 e. The third-order valence-electron chi connectivity index (χ3n) is 7.75. The maximum Gasteiger partial charge on any atom is 0.272 e. The van der Waals surface area contributed by atoms with Gasteiger partial charge in [0.2, 0.25) is 0 Å². The minimum absolute atomic E-state index is 0.0764. The summed E-state index contributed by atoms with van der Waals surface area (Å²) in [6.07, 6.45) is 4.88. The summed E-state index contributed by atoms with van der Waals surface area (Å²) in [7, 11) is 0. The lowest BCUT2D eigenvalue weighted by Crippen LogP contribution is -2.62. The highest BCUT2D eigenvalue weighted by Crippen LogP contribution is 2.30. The molecule has 3 heterocycles. The van der Waals surface area contributed by atoms with E-state index < -0.39 is 5.60 Å². The first-order chi connectivity index (χ1) is 19.5. The van der Waals surface area contributed by atoms with Gasteiger partial charge in [-0.3, -0.25) is 14.7 Å². The summed E-state index contributed by atoms with van der Waals surface area (Å²) in [4.78, 5) is 31.3. The van der Waals surface area contributed by atoms with Crippen LogP contribution < -0.4 is 4.74 Å². The van der Waals surface area contributed by atoms with Crippen LogP contribution in [-0.2, 0) is 16.0 Å². The molecule has 1 atom stereocenters. The van der Waals surface area contributed by atoms with Crippen LogP contribution in [0.15, 0.2) is 54.6 Å². The Morgan fingerprint density at radius 2 is 1.93 bits per heavy atom. The predicted molar refractivity (Wildman–Crippen MR) is 150 cm³/mol. The molecule has 1 aromatic heterocycles. The first-order valence-corrected chi connectivity index (χ1v) is 14.2. The molecule has 1 spiro atoms. The van der Waals surface area contributed by atoms with Crippen LogP contribution in [0.4, 0.5) is 4.39 Å². The van der Waals surface area contributed by atoms with E-state index in [0.717, 1.165) is 37.9 Å². The van der Waals surface area contributed by atoms with E-state index in [0.29, 0.717) is 49.6 Å². The molecule has 1 fully saturated rings. The number of hydrogen-bond acceptors (Lipinski definition) is 5. The molecular weight excluding hydrogens is 511 g/mol. The first kappa shape index (κ1) is 27.8. The Morgan fingerprint density at radius 1 is 1.10 bits per heavy atom. The van der Waals surface area contributed by atoms with Crippen molar-refractivity contribution in [1.82, 2.24) is 20.0 Å². The molecule has 0 radical (unpaired) electrons. The average molecular weight is 549 g/mol. The number of aryl methyl sites for hydroxylation is 1. The van der Waals surface area contributed by atoms with Crippen LogP contribution in [0, 0.1) is 5.82 Å². The van der Waals surface area contributed by atoms with Crippen molar-refractivity contribution in [3.63, 3.8) is 0 Å². The molecule has 0 bridgehead atoms. The van der Waals surface area contributed by atoms with Crippen molar-refractivity contribution in [2.24, 2.45) is 0 Å². The lowest BCUT2D eigenvalue weighted by atomic mass is 9.90. The van der Waals surface area contributed by atoms with Crippen molar-refractivity contribution in [1.29, 1.82) is 0 Å². The van der Waals surface area contributed by atoms with Gasteiger partial charge in [-0.25, -0.2) is 4.39 Å². The van der Waals surface area contributed by atoms with Gasteiger partial charge in [0, 0.05) is 18.7 Å². The molecule has 8 nitrogen and oxygen atoms in total. The number of nitrogens with one attached hydrogen (secondary N) is 1. The maximum atomic E-state index is 14.2. The van der Waals surface area contributed by atoms with E-state index in [1.807, 2.05) is 23.1 Å². The lowest BCUT2D eigenvalue weighted by Gasteiger charge is -2.44. The number of para-hydroxylation sites is 1. The highest BCUT2D eigenvalue weighted by atomic mass is 19.1. The Kier molecular flexibility index (Phi) is 8.79. The number of benzene rings is 2. The van der Waals surface area contributed by atoms with Crippen molar-refractivity contribution < 1.29 is 23.5 Å². The summed E-state index contributed by atoms with van der Waals surface area (Å²) in [5.41, 5.74) is 1.64. The van der Waals surface area contributed by atoms with E-state index in [1.54, 1.807) is 23.1 Å². The third kappa shape index (κ3) is 6.20. The molecule has 2 aliphatic heterocycles. The van der Waals surface area contributed by atoms with Crippen molar-refractivity contribution >= 4 is 11.8 Å². The molecule has 1 saturated heterocycles. The van der Waals surface area contributed by atoms with Gasteiger partial charge in [-0.1, -0.05) is 31.5 Å². The van der Waals surface area contributed by atoms with Crippen molar-refractivity contribution in [3.8, 4) is 17.0 Å². The first-order valence-electron chi connectivity index (χ1n) is 14.2. The van der Waals surface area contributed by atoms with Gasteiger partial charge in [0.25, 0.3) is 11.8 Å². The summed E-state index contributed by atoms with van der Waals surface area (Å²) < 4.78 is 25.8. The minimum atomic E-state index is -1.11. The van der Waals surface area contributed by atoms with Crippen molar-refractivity contribution in [3.05, 3.63) is 71.7 Å². The number of nitrogens with zero attached hydrogens (tertiary/aromatic N) is 3. The summed E-state index contributed by atoms with van der Waals surface area (Å²) in [5.74, 6) is 0.234. The predicted octanol–water partition coefficient (Wildman–Crippen LogP) is 4.86. The number of halogens is 1. The Bertz CT molecular complexity index is 1310. The van der Waals surface area contributed by atoms with Gasteiger partial charge >= 0.3 is 0 Å². The molecule has 2 aliphatic rings. The van der Waals surface area contributed by atoms with Crippen LogP contribution in [0.5, 0.6) is 5.75 Å². The van der Waals surface area contributed by atoms with Crippen LogP contribution in [0.25, 0.3) is 11.3 Å². The molecule has 40 heavy (non-hydrogen) atoms. The standard InChI is InChI=1S/C31H37FN4O4/c1-2-3-16-35-17-19-39-28-10-5-4-8-24(28)9-6-7-15-31(30(35)38)22-36(18-20-40-31)29(37)27-21-26(33-34-27)23-11-13-25(32)14-12-23/h4-5,8,10-14,21H,2-3,6-7,9,15-20,22H2,1H3,(H,33,34). The summed E-state index contributed by atoms with van der Waals surface area (Å²) in [5, 5.41) is 7.10. The summed E-state index contributed by atoms with van der Waals surface area (Å²) in [6, 6.07) is 15.7. The Hall–Kier alpha value is -3.72. The second kappa shape index (κ2) is 12.6. The van der Waals surface area contributed by atoms with Crippen LogP contribution in [0.2, 0.25) is 0 Å². The zero-order valence-corrected chi connectivity index (χ0v) is 23.0. The Morgan fingerprint density at radius 3 is 2.75 bits per heavy atom. The molecule has 2 amide bonds. The normalized spacial score (nSPS) is 20.4. The van der Waals surface area contributed by atoms with Crippen LogP contribution in [0.1, 0.15) is 55.1 Å².